The maximum absolute atomic E-state index is 13.0. The highest BCUT2D eigenvalue weighted by atomic mass is 16.2. The van der Waals surface area contributed by atoms with E-state index in [1.807, 2.05) is 17.9 Å². The first kappa shape index (κ1) is 16.3. The number of nitrogens with zero attached hydrogens (tertiary/aromatic N) is 4. The van der Waals surface area contributed by atoms with E-state index in [-0.39, 0.29) is 18.0 Å². The van der Waals surface area contributed by atoms with E-state index in [4.69, 9.17) is 0 Å². The van der Waals surface area contributed by atoms with E-state index in [1.54, 1.807) is 0 Å². The van der Waals surface area contributed by atoms with Crippen LogP contribution in [0.3, 0.4) is 0 Å². The lowest BCUT2D eigenvalue weighted by Gasteiger charge is -2.37. The summed E-state index contributed by atoms with van der Waals surface area (Å²) in [5.41, 5.74) is 1.27. The highest BCUT2D eigenvalue weighted by Gasteiger charge is 2.33. The molecular weight excluding hydrogens is 314 g/mol. The van der Waals surface area contributed by atoms with Gasteiger partial charge < -0.3 is 14.8 Å². The molecule has 2 aromatic rings. The Balaban J connectivity index is 1.57. The third-order valence-electron chi connectivity index (χ3n) is 5.30. The van der Waals surface area contributed by atoms with Crippen molar-refractivity contribution >= 4 is 5.91 Å². The van der Waals surface area contributed by atoms with Gasteiger partial charge in [-0.3, -0.25) is 4.79 Å². The molecule has 1 fully saturated rings. The largest absolute Gasteiger partial charge is 0.332 e. The van der Waals surface area contributed by atoms with Crippen molar-refractivity contribution in [3.05, 3.63) is 47.5 Å². The Hall–Kier alpha value is -2.21. The molecule has 4 rings (SSSR count). The zero-order valence-corrected chi connectivity index (χ0v) is 14.7. The predicted octanol–water partition coefficient (Wildman–Crippen LogP) is 1.85. The molecule has 3 heterocycles. The lowest BCUT2D eigenvalue weighted by Crippen LogP contribution is -2.51. The molecule has 1 N–H and O–H groups in total. The second kappa shape index (κ2) is 6.96. The van der Waals surface area contributed by atoms with Crippen LogP contribution in [-0.2, 0) is 17.8 Å². The Morgan fingerprint density at radius 2 is 2.08 bits per heavy atom. The molecule has 0 unspecified atom stereocenters. The molecule has 0 aliphatic carbocycles. The molecular formula is C19H25N5O. The first-order chi connectivity index (χ1) is 12.2. The number of aromatic nitrogens is 3. The first-order valence-corrected chi connectivity index (χ1v) is 9.19. The summed E-state index contributed by atoms with van der Waals surface area (Å²) in [4.78, 5) is 14.9. The molecule has 25 heavy (non-hydrogen) atoms. The summed E-state index contributed by atoms with van der Waals surface area (Å²) in [7, 11) is 0. The van der Waals surface area contributed by atoms with Gasteiger partial charge in [0.05, 0.1) is 18.6 Å². The number of aryl methyl sites for hydroxylation is 1. The zero-order valence-electron chi connectivity index (χ0n) is 14.7. The Morgan fingerprint density at radius 3 is 2.84 bits per heavy atom. The smallest absolute Gasteiger partial charge is 0.240 e. The topological polar surface area (TPSA) is 63.1 Å². The van der Waals surface area contributed by atoms with Gasteiger partial charge >= 0.3 is 0 Å². The summed E-state index contributed by atoms with van der Waals surface area (Å²) in [6.45, 7) is 4.21. The van der Waals surface area contributed by atoms with Crippen LogP contribution in [0.1, 0.15) is 42.5 Å². The van der Waals surface area contributed by atoms with E-state index in [0.29, 0.717) is 6.54 Å². The first-order valence-electron chi connectivity index (χ1n) is 9.19. The van der Waals surface area contributed by atoms with Crippen LogP contribution in [0.5, 0.6) is 0 Å². The minimum Gasteiger partial charge on any atom is -0.332 e. The van der Waals surface area contributed by atoms with Crippen molar-refractivity contribution in [1.29, 1.82) is 0 Å². The highest BCUT2D eigenvalue weighted by molar-refractivity contribution is 5.82. The van der Waals surface area contributed by atoms with Gasteiger partial charge in [-0.1, -0.05) is 36.8 Å². The Morgan fingerprint density at radius 1 is 1.24 bits per heavy atom. The average Bonchev–Trinajstić information content (AvgIpc) is 3.04. The van der Waals surface area contributed by atoms with Gasteiger partial charge in [-0.25, -0.2) is 0 Å². The number of hydrogen-bond acceptors (Lipinski definition) is 4. The number of fused-ring (bicyclic) bond motifs is 1. The summed E-state index contributed by atoms with van der Waals surface area (Å²) in [5.74, 6) is 2.04. The van der Waals surface area contributed by atoms with Gasteiger partial charge in [-0.15, -0.1) is 10.2 Å². The number of carbonyl (C=O) groups excluding carboxylic acids is 1. The molecule has 6 heteroatoms. The van der Waals surface area contributed by atoms with Crippen molar-refractivity contribution in [2.75, 3.05) is 13.1 Å². The number of rotatable bonds is 3. The summed E-state index contributed by atoms with van der Waals surface area (Å²) < 4.78 is 2.21. The van der Waals surface area contributed by atoms with Gasteiger partial charge in [0.25, 0.3) is 0 Å². The summed E-state index contributed by atoms with van der Waals surface area (Å²) >= 11 is 0. The van der Waals surface area contributed by atoms with Gasteiger partial charge in [0.2, 0.25) is 5.91 Å². The number of amides is 1. The van der Waals surface area contributed by atoms with E-state index < -0.39 is 0 Å². The van der Waals surface area contributed by atoms with Crippen LogP contribution < -0.4 is 5.32 Å². The van der Waals surface area contributed by atoms with Gasteiger partial charge in [-0.2, -0.15) is 0 Å². The van der Waals surface area contributed by atoms with E-state index >= 15 is 0 Å². The van der Waals surface area contributed by atoms with E-state index in [0.717, 1.165) is 50.4 Å². The van der Waals surface area contributed by atoms with Crippen LogP contribution in [0.15, 0.2) is 30.3 Å². The molecule has 1 aromatic heterocycles. The third kappa shape index (κ3) is 3.31. The van der Waals surface area contributed by atoms with Crippen LogP contribution in [0, 0.1) is 6.92 Å². The molecule has 1 amide bonds. The molecule has 6 nitrogen and oxygen atoms in total. The Kier molecular flexibility index (Phi) is 4.53. The Labute approximate surface area is 148 Å². The van der Waals surface area contributed by atoms with Crippen molar-refractivity contribution in [3.8, 4) is 0 Å². The van der Waals surface area contributed by atoms with Gasteiger partial charge in [0.15, 0.2) is 5.82 Å². The lowest BCUT2D eigenvalue weighted by molar-refractivity contribution is -0.136. The molecule has 0 bridgehead atoms. The fourth-order valence-corrected chi connectivity index (χ4v) is 4.06. The fourth-order valence-electron chi connectivity index (χ4n) is 4.06. The van der Waals surface area contributed by atoms with Crippen LogP contribution in [0.25, 0.3) is 0 Å². The molecule has 0 radical (unpaired) electrons. The zero-order chi connectivity index (χ0) is 17.2. The van der Waals surface area contributed by atoms with Gasteiger partial charge in [0.1, 0.15) is 5.82 Å². The molecule has 132 valence electrons. The van der Waals surface area contributed by atoms with Crippen molar-refractivity contribution in [2.45, 2.75) is 51.2 Å². The lowest BCUT2D eigenvalue weighted by atomic mass is 10.0. The molecule has 1 aromatic carbocycles. The molecule has 2 aliphatic rings. The maximum atomic E-state index is 13.0. The normalized spacial score (nSPS) is 23.3. The second-order valence-corrected chi connectivity index (χ2v) is 7.10. The van der Waals surface area contributed by atoms with Gasteiger partial charge in [0, 0.05) is 6.54 Å². The minimum atomic E-state index is -0.0401. The SMILES string of the molecule is Cc1nnc2n1[C@H](Cc1ccccc1)CN(C(=O)[C@H]1CCCCN1)C2. The summed E-state index contributed by atoms with van der Waals surface area (Å²) in [5, 5.41) is 12.0. The molecule has 0 spiro atoms. The van der Waals surface area contributed by atoms with Crippen LogP contribution in [0.2, 0.25) is 0 Å². The number of carbonyl (C=O) groups is 1. The van der Waals surface area contributed by atoms with Gasteiger partial charge in [-0.05, 0) is 38.3 Å². The maximum Gasteiger partial charge on any atom is 0.240 e. The van der Waals surface area contributed by atoms with E-state index in [2.05, 4.69) is 44.3 Å². The molecule has 1 saturated heterocycles. The van der Waals surface area contributed by atoms with Crippen molar-refractivity contribution < 1.29 is 4.79 Å². The summed E-state index contributed by atoms with van der Waals surface area (Å²) in [6.07, 6.45) is 4.10. The number of hydrogen-bond donors (Lipinski definition) is 1. The fraction of sp³-hybridized carbons (Fsp3) is 0.526. The molecule has 2 aliphatic heterocycles. The predicted molar refractivity (Wildman–Crippen MR) is 95.0 cm³/mol. The van der Waals surface area contributed by atoms with Crippen molar-refractivity contribution in [2.24, 2.45) is 0 Å². The minimum absolute atomic E-state index is 0.0401. The van der Waals surface area contributed by atoms with Crippen LogP contribution >= 0.6 is 0 Å². The third-order valence-corrected chi connectivity index (χ3v) is 5.30. The van der Waals surface area contributed by atoms with Crippen LogP contribution in [-0.4, -0.2) is 44.7 Å². The number of nitrogens with one attached hydrogen (secondary N) is 1. The highest BCUT2D eigenvalue weighted by Crippen LogP contribution is 2.26. The van der Waals surface area contributed by atoms with E-state index in [9.17, 15) is 4.79 Å². The number of piperidine rings is 1. The monoisotopic (exact) mass is 339 g/mol. The molecule has 0 saturated carbocycles. The average molecular weight is 339 g/mol. The summed E-state index contributed by atoms with van der Waals surface area (Å²) in [6, 6.07) is 10.6. The van der Waals surface area contributed by atoms with Crippen molar-refractivity contribution in [1.82, 2.24) is 25.0 Å². The van der Waals surface area contributed by atoms with Crippen molar-refractivity contribution in [3.63, 3.8) is 0 Å². The quantitative estimate of drug-likeness (QED) is 0.927. The standard InChI is InChI=1S/C19H25N5O/c1-14-21-22-18-13-23(19(25)17-9-5-6-10-20-17)12-16(24(14)18)11-15-7-3-2-4-8-15/h2-4,7-8,16-17,20H,5-6,9-13H2,1H3/t16-,17-/m1/s1. The van der Waals surface area contributed by atoms with Crippen LogP contribution in [0.4, 0.5) is 0 Å². The number of benzene rings is 1. The molecule has 2 atom stereocenters. The second-order valence-electron chi connectivity index (χ2n) is 7.10. The Bertz CT molecular complexity index is 736. The van der Waals surface area contributed by atoms with E-state index in [1.165, 1.54) is 5.56 Å².